The van der Waals surface area contributed by atoms with Crippen molar-refractivity contribution in [1.82, 2.24) is 15.5 Å². The standard InChI is InChI=1S/C22H30N6O3/c1-15(2)25-26-20-9-10-21(28-27-20)31-14-22(4,5)24-12-17(29)13-30-19-8-6-7-16(3)18(19)11-23/h6-10,17,24,29H,12-14H2,1-5H3,(H,26,27). The zero-order valence-electron chi connectivity index (χ0n) is 18.6. The minimum Gasteiger partial charge on any atom is -0.489 e. The predicted molar refractivity (Wildman–Crippen MR) is 119 cm³/mol. The molecule has 0 fully saturated rings. The Balaban J connectivity index is 1.77. The molecule has 1 unspecified atom stereocenters. The van der Waals surface area contributed by atoms with Gasteiger partial charge in [-0.15, -0.1) is 10.2 Å². The van der Waals surface area contributed by atoms with Gasteiger partial charge in [-0.3, -0.25) is 5.43 Å². The van der Waals surface area contributed by atoms with Gasteiger partial charge in [0.2, 0.25) is 5.88 Å². The third-order valence-electron chi connectivity index (χ3n) is 4.21. The van der Waals surface area contributed by atoms with Crippen molar-refractivity contribution in [1.29, 1.82) is 5.26 Å². The highest BCUT2D eigenvalue weighted by Gasteiger charge is 2.20. The van der Waals surface area contributed by atoms with Crippen molar-refractivity contribution in [3.63, 3.8) is 0 Å². The fourth-order valence-corrected chi connectivity index (χ4v) is 2.47. The second-order valence-corrected chi connectivity index (χ2v) is 8.01. The molecule has 166 valence electrons. The maximum atomic E-state index is 10.3. The Morgan fingerprint density at radius 1 is 1.23 bits per heavy atom. The molecule has 2 aromatic rings. The van der Waals surface area contributed by atoms with E-state index in [0.29, 0.717) is 36.2 Å². The summed E-state index contributed by atoms with van der Waals surface area (Å²) >= 11 is 0. The zero-order valence-corrected chi connectivity index (χ0v) is 18.6. The second-order valence-electron chi connectivity index (χ2n) is 8.01. The van der Waals surface area contributed by atoms with Gasteiger partial charge in [0.15, 0.2) is 5.82 Å². The zero-order chi connectivity index (χ0) is 22.9. The van der Waals surface area contributed by atoms with Gasteiger partial charge in [0, 0.05) is 23.9 Å². The Bertz CT molecular complexity index is 918. The van der Waals surface area contributed by atoms with E-state index < -0.39 is 11.6 Å². The minimum absolute atomic E-state index is 0.0712. The van der Waals surface area contributed by atoms with Gasteiger partial charge in [-0.2, -0.15) is 10.4 Å². The molecule has 0 radical (unpaired) electrons. The van der Waals surface area contributed by atoms with E-state index in [1.54, 1.807) is 18.2 Å². The van der Waals surface area contributed by atoms with Crippen LogP contribution in [0.5, 0.6) is 11.6 Å². The molecule has 2 rings (SSSR count). The molecule has 1 aromatic carbocycles. The van der Waals surface area contributed by atoms with Crippen molar-refractivity contribution >= 4 is 11.5 Å². The molecule has 0 amide bonds. The van der Waals surface area contributed by atoms with Crippen LogP contribution in [0.25, 0.3) is 0 Å². The van der Waals surface area contributed by atoms with Crippen molar-refractivity contribution in [2.75, 3.05) is 25.2 Å². The molecule has 1 heterocycles. The Morgan fingerprint density at radius 2 is 2.00 bits per heavy atom. The maximum Gasteiger partial charge on any atom is 0.233 e. The van der Waals surface area contributed by atoms with Crippen LogP contribution in [0.3, 0.4) is 0 Å². The summed E-state index contributed by atoms with van der Waals surface area (Å²) in [6.07, 6.45) is -0.751. The minimum atomic E-state index is -0.751. The largest absolute Gasteiger partial charge is 0.489 e. The molecule has 0 saturated heterocycles. The Labute approximate surface area is 183 Å². The molecule has 1 aromatic heterocycles. The fraction of sp³-hybridized carbons (Fsp3) is 0.455. The van der Waals surface area contributed by atoms with E-state index in [2.05, 4.69) is 32.1 Å². The first kappa shape index (κ1) is 24.1. The average molecular weight is 427 g/mol. The number of nitriles is 1. The number of β-amino-alcohol motifs (C(OH)–C–C–N with tert-alkyl or cyclic N) is 1. The van der Waals surface area contributed by atoms with Gasteiger partial charge in [-0.25, -0.2) is 0 Å². The second kappa shape index (κ2) is 11.2. The first-order valence-electron chi connectivity index (χ1n) is 9.99. The van der Waals surface area contributed by atoms with E-state index in [4.69, 9.17) is 9.47 Å². The summed E-state index contributed by atoms with van der Waals surface area (Å²) in [4.78, 5) is 0. The number of hydrogen-bond donors (Lipinski definition) is 3. The molecule has 0 aliphatic carbocycles. The molecule has 0 saturated carbocycles. The number of hydrogen-bond acceptors (Lipinski definition) is 9. The van der Waals surface area contributed by atoms with Crippen LogP contribution in [0.2, 0.25) is 0 Å². The summed E-state index contributed by atoms with van der Waals surface area (Å²) in [6, 6.07) is 11.0. The lowest BCUT2D eigenvalue weighted by molar-refractivity contribution is 0.0921. The highest BCUT2D eigenvalue weighted by molar-refractivity contribution is 5.79. The van der Waals surface area contributed by atoms with Crippen molar-refractivity contribution in [2.45, 2.75) is 46.3 Å². The SMILES string of the molecule is CC(C)=NNc1ccc(OCC(C)(C)NCC(O)COc2cccc(C)c2C#N)nn1. The van der Waals surface area contributed by atoms with Gasteiger partial charge in [-0.05, 0) is 52.3 Å². The number of aliphatic hydroxyl groups excluding tert-OH is 1. The van der Waals surface area contributed by atoms with E-state index in [1.807, 2.05) is 46.8 Å². The molecule has 0 aliphatic heterocycles. The molecule has 3 N–H and O–H groups in total. The van der Waals surface area contributed by atoms with Gasteiger partial charge in [0.25, 0.3) is 0 Å². The monoisotopic (exact) mass is 426 g/mol. The molecule has 31 heavy (non-hydrogen) atoms. The summed E-state index contributed by atoms with van der Waals surface area (Å²) < 4.78 is 11.3. The highest BCUT2D eigenvalue weighted by atomic mass is 16.5. The molecule has 9 nitrogen and oxygen atoms in total. The Hall–Kier alpha value is -3.22. The number of aromatic nitrogens is 2. The van der Waals surface area contributed by atoms with Crippen LogP contribution in [0.1, 0.15) is 38.8 Å². The Kier molecular flexibility index (Phi) is 8.73. The molecular weight excluding hydrogens is 396 g/mol. The number of benzene rings is 1. The molecule has 0 bridgehead atoms. The molecule has 1 atom stereocenters. The van der Waals surface area contributed by atoms with E-state index in [1.165, 1.54) is 0 Å². The number of nitrogens with one attached hydrogen (secondary N) is 2. The van der Waals surface area contributed by atoms with Crippen LogP contribution in [-0.4, -0.2) is 52.4 Å². The summed E-state index contributed by atoms with van der Waals surface area (Å²) in [7, 11) is 0. The molecule has 0 spiro atoms. The quantitative estimate of drug-likeness (QED) is 0.370. The smallest absolute Gasteiger partial charge is 0.233 e. The predicted octanol–water partition coefficient (Wildman–Crippen LogP) is 2.65. The van der Waals surface area contributed by atoms with Crippen LogP contribution >= 0.6 is 0 Å². The average Bonchev–Trinajstić information content (AvgIpc) is 2.74. The van der Waals surface area contributed by atoms with Crippen molar-refractivity contribution in [3.05, 3.63) is 41.5 Å². The molecule has 0 aliphatic rings. The van der Waals surface area contributed by atoms with E-state index in [0.717, 1.165) is 11.3 Å². The lowest BCUT2D eigenvalue weighted by Crippen LogP contribution is -2.48. The van der Waals surface area contributed by atoms with E-state index >= 15 is 0 Å². The summed E-state index contributed by atoms with van der Waals surface area (Å²) in [5, 5.41) is 34.8. The Morgan fingerprint density at radius 3 is 2.65 bits per heavy atom. The molecule has 9 heteroatoms. The summed E-state index contributed by atoms with van der Waals surface area (Å²) in [6.45, 7) is 10.2. The van der Waals surface area contributed by atoms with Crippen LogP contribution in [0, 0.1) is 18.3 Å². The molecular formula is C22H30N6O3. The number of hydrazone groups is 1. The first-order valence-corrected chi connectivity index (χ1v) is 9.99. The van der Waals surface area contributed by atoms with Gasteiger partial charge >= 0.3 is 0 Å². The van der Waals surface area contributed by atoms with Gasteiger partial charge in [0.05, 0.1) is 5.56 Å². The van der Waals surface area contributed by atoms with E-state index in [-0.39, 0.29) is 6.61 Å². The van der Waals surface area contributed by atoms with Crippen molar-refractivity contribution < 1.29 is 14.6 Å². The van der Waals surface area contributed by atoms with Gasteiger partial charge in [-0.1, -0.05) is 12.1 Å². The van der Waals surface area contributed by atoms with E-state index in [9.17, 15) is 10.4 Å². The van der Waals surface area contributed by atoms with Crippen molar-refractivity contribution in [2.24, 2.45) is 5.10 Å². The fourth-order valence-electron chi connectivity index (χ4n) is 2.47. The number of ether oxygens (including phenoxy) is 2. The number of aryl methyl sites for hydroxylation is 1. The van der Waals surface area contributed by atoms with Crippen LogP contribution in [0.4, 0.5) is 5.82 Å². The highest BCUT2D eigenvalue weighted by Crippen LogP contribution is 2.21. The third kappa shape index (κ3) is 8.20. The number of anilines is 1. The lowest BCUT2D eigenvalue weighted by atomic mass is 10.1. The maximum absolute atomic E-state index is 10.3. The van der Waals surface area contributed by atoms with Gasteiger partial charge < -0.3 is 19.9 Å². The summed E-state index contributed by atoms with van der Waals surface area (Å²) in [5.74, 6) is 1.40. The number of rotatable bonds is 11. The van der Waals surface area contributed by atoms with Crippen LogP contribution < -0.4 is 20.2 Å². The number of nitrogens with zero attached hydrogens (tertiary/aromatic N) is 4. The van der Waals surface area contributed by atoms with Crippen LogP contribution in [0.15, 0.2) is 35.4 Å². The first-order chi connectivity index (χ1) is 14.7. The van der Waals surface area contributed by atoms with Gasteiger partial charge in [0.1, 0.15) is 31.1 Å². The lowest BCUT2D eigenvalue weighted by Gasteiger charge is -2.27. The van der Waals surface area contributed by atoms with Crippen LogP contribution in [-0.2, 0) is 0 Å². The topological polar surface area (TPSA) is 125 Å². The van der Waals surface area contributed by atoms with Crippen molar-refractivity contribution in [3.8, 4) is 17.7 Å². The summed E-state index contributed by atoms with van der Waals surface area (Å²) in [5.41, 5.74) is 4.58. The normalized spacial score (nSPS) is 11.9. The number of aliphatic hydroxyl groups is 1. The third-order valence-corrected chi connectivity index (χ3v) is 4.21.